The van der Waals surface area contributed by atoms with Crippen molar-refractivity contribution in [3.8, 4) is 5.75 Å². The van der Waals surface area contributed by atoms with Crippen LogP contribution in [0.2, 0.25) is 0 Å². The first-order valence-corrected chi connectivity index (χ1v) is 5.70. The molecule has 0 radical (unpaired) electrons. The van der Waals surface area contributed by atoms with E-state index >= 15 is 0 Å². The Balaban J connectivity index is 2.56. The van der Waals surface area contributed by atoms with Gasteiger partial charge in [0.25, 0.3) is 5.56 Å². The van der Waals surface area contributed by atoms with Crippen molar-refractivity contribution in [3.63, 3.8) is 0 Å². The molecular weight excluding hydrogens is 222 g/mol. The molecule has 1 heterocycles. The summed E-state index contributed by atoms with van der Waals surface area (Å²) in [5.74, 6) is 0.436. The van der Waals surface area contributed by atoms with Crippen LogP contribution in [0.15, 0.2) is 17.1 Å². The summed E-state index contributed by atoms with van der Waals surface area (Å²) in [6.45, 7) is 2.82. The molecule has 6 heteroatoms. The van der Waals surface area contributed by atoms with E-state index in [1.54, 1.807) is 0 Å². The molecule has 0 bridgehead atoms. The predicted octanol–water partition coefficient (Wildman–Crippen LogP) is -0.258. The minimum Gasteiger partial charge on any atom is -0.490 e. The minimum absolute atomic E-state index is 0.0815. The largest absolute Gasteiger partial charge is 0.490 e. The van der Waals surface area contributed by atoms with Gasteiger partial charge in [-0.25, -0.2) is 4.68 Å². The Labute approximate surface area is 100 Å². The van der Waals surface area contributed by atoms with Gasteiger partial charge in [0.05, 0.1) is 6.20 Å². The zero-order chi connectivity index (χ0) is 12.7. The first kappa shape index (κ1) is 13.7. The van der Waals surface area contributed by atoms with Crippen LogP contribution in [0.4, 0.5) is 0 Å². The topological polar surface area (TPSA) is 90.4 Å². The van der Waals surface area contributed by atoms with Gasteiger partial charge in [0.2, 0.25) is 0 Å². The average molecular weight is 241 g/mol. The summed E-state index contributed by atoms with van der Waals surface area (Å²) < 4.78 is 6.64. The summed E-state index contributed by atoms with van der Waals surface area (Å²) in [5.41, 5.74) is 5.33. The van der Waals surface area contributed by atoms with E-state index in [4.69, 9.17) is 15.6 Å². The van der Waals surface area contributed by atoms with Gasteiger partial charge in [0, 0.05) is 25.3 Å². The number of unbranched alkanes of at least 4 members (excludes halogenated alkanes) is 1. The second-order valence-corrected chi connectivity index (χ2v) is 3.97. The number of nitrogens with two attached hydrogens (primary N) is 1. The van der Waals surface area contributed by atoms with Gasteiger partial charge in [0.15, 0.2) is 0 Å². The fourth-order valence-corrected chi connectivity index (χ4v) is 1.26. The van der Waals surface area contributed by atoms with Crippen molar-refractivity contribution >= 4 is 0 Å². The van der Waals surface area contributed by atoms with Gasteiger partial charge in [-0.3, -0.25) is 4.79 Å². The van der Waals surface area contributed by atoms with E-state index in [2.05, 4.69) is 5.10 Å². The van der Waals surface area contributed by atoms with Gasteiger partial charge in [-0.1, -0.05) is 0 Å². The van der Waals surface area contributed by atoms with Crippen LogP contribution in [0, 0.1) is 0 Å². The highest BCUT2D eigenvalue weighted by molar-refractivity contribution is 5.13. The lowest BCUT2D eigenvalue weighted by atomic mass is 10.3. The lowest BCUT2D eigenvalue weighted by Gasteiger charge is -2.09. The van der Waals surface area contributed by atoms with E-state index in [0.717, 1.165) is 6.42 Å². The molecule has 0 saturated carbocycles. The third kappa shape index (κ3) is 4.97. The lowest BCUT2D eigenvalue weighted by Crippen LogP contribution is -2.26. The van der Waals surface area contributed by atoms with Gasteiger partial charge in [-0.2, -0.15) is 5.10 Å². The molecule has 3 N–H and O–H groups in total. The molecule has 1 unspecified atom stereocenters. The van der Waals surface area contributed by atoms with Crippen LogP contribution in [-0.4, -0.2) is 34.1 Å². The van der Waals surface area contributed by atoms with Gasteiger partial charge < -0.3 is 15.6 Å². The number of aromatic nitrogens is 2. The molecule has 0 aliphatic rings. The zero-order valence-corrected chi connectivity index (χ0v) is 10.0. The van der Waals surface area contributed by atoms with Crippen LogP contribution in [0.1, 0.15) is 19.8 Å². The Bertz CT molecular complexity index is 390. The van der Waals surface area contributed by atoms with Crippen molar-refractivity contribution in [2.24, 2.45) is 5.73 Å². The van der Waals surface area contributed by atoms with Crippen molar-refractivity contribution in [2.45, 2.75) is 32.4 Å². The lowest BCUT2D eigenvalue weighted by molar-refractivity contribution is 0.278. The number of aliphatic hydroxyl groups is 1. The molecule has 0 amide bonds. The maximum Gasteiger partial charge on any atom is 0.270 e. The van der Waals surface area contributed by atoms with Crippen LogP contribution in [0.5, 0.6) is 5.75 Å². The van der Waals surface area contributed by atoms with E-state index in [1.165, 1.54) is 16.9 Å². The molecular formula is C11H19N3O3. The Morgan fingerprint density at radius 1 is 1.59 bits per heavy atom. The van der Waals surface area contributed by atoms with Gasteiger partial charge in [0.1, 0.15) is 12.4 Å². The summed E-state index contributed by atoms with van der Waals surface area (Å²) >= 11 is 0. The smallest absolute Gasteiger partial charge is 0.270 e. The number of aryl methyl sites for hydroxylation is 1. The Morgan fingerprint density at radius 2 is 2.35 bits per heavy atom. The van der Waals surface area contributed by atoms with Gasteiger partial charge in [-0.05, 0) is 19.8 Å². The quantitative estimate of drug-likeness (QED) is 0.642. The first-order chi connectivity index (χ1) is 8.13. The molecule has 1 rings (SSSR count). The molecule has 1 aromatic heterocycles. The Hall–Kier alpha value is -1.40. The highest BCUT2D eigenvalue weighted by Gasteiger charge is 2.02. The maximum absolute atomic E-state index is 11.6. The zero-order valence-electron chi connectivity index (χ0n) is 10.0. The SMILES string of the molecule is CC(N)COc1cnn(CCCCO)c(=O)c1. The van der Waals surface area contributed by atoms with Crippen LogP contribution >= 0.6 is 0 Å². The second kappa shape index (κ2) is 7.03. The fraction of sp³-hybridized carbons (Fsp3) is 0.636. The van der Waals surface area contributed by atoms with Crippen molar-refractivity contribution in [1.29, 1.82) is 0 Å². The van der Waals surface area contributed by atoms with Crippen LogP contribution in [0.25, 0.3) is 0 Å². The summed E-state index contributed by atoms with van der Waals surface area (Å²) in [7, 11) is 0. The van der Waals surface area contributed by atoms with Crippen molar-refractivity contribution in [2.75, 3.05) is 13.2 Å². The number of aliphatic hydroxyl groups excluding tert-OH is 1. The molecule has 0 saturated heterocycles. The standard InChI is InChI=1S/C11H19N3O3/c1-9(12)8-17-10-6-11(16)14(13-7-10)4-2-3-5-15/h6-7,9,15H,2-5,8,12H2,1H3. The molecule has 0 fully saturated rings. The van der Waals surface area contributed by atoms with Gasteiger partial charge >= 0.3 is 0 Å². The van der Waals surface area contributed by atoms with Crippen LogP contribution < -0.4 is 16.0 Å². The van der Waals surface area contributed by atoms with E-state index < -0.39 is 0 Å². The number of rotatable bonds is 7. The fourth-order valence-electron chi connectivity index (χ4n) is 1.26. The molecule has 0 aromatic carbocycles. The number of hydrogen-bond donors (Lipinski definition) is 2. The highest BCUT2D eigenvalue weighted by Crippen LogP contribution is 2.04. The number of nitrogens with zero attached hydrogens (tertiary/aromatic N) is 2. The Morgan fingerprint density at radius 3 is 2.94 bits per heavy atom. The predicted molar refractivity (Wildman–Crippen MR) is 64.0 cm³/mol. The van der Waals surface area contributed by atoms with Crippen molar-refractivity contribution < 1.29 is 9.84 Å². The summed E-state index contributed by atoms with van der Waals surface area (Å²) in [4.78, 5) is 11.6. The molecule has 96 valence electrons. The van der Waals surface area contributed by atoms with E-state index in [9.17, 15) is 4.79 Å². The van der Waals surface area contributed by atoms with E-state index in [-0.39, 0.29) is 18.2 Å². The molecule has 0 spiro atoms. The van der Waals surface area contributed by atoms with Crippen LogP contribution in [-0.2, 0) is 6.54 Å². The monoisotopic (exact) mass is 241 g/mol. The molecule has 0 aliphatic carbocycles. The molecule has 0 aliphatic heterocycles. The summed E-state index contributed by atoms with van der Waals surface area (Å²) in [6.07, 6.45) is 2.89. The average Bonchev–Trinajstić information content (AvgIpc) is 2.29. The van der Waals surface area contributed by atoms with Crippen molar-refractivity contribution in [3.05, 3.63) is 22.6 Å². The van der Waals surface area contributed by atoms with Crippen LogP contribution in [0.3, 0.4) is 0 Å². The summed E-state index contributed by atoms with van der Waals surface area (Å²) in [5, 5.41) is 12.6. The number of hydrogen-bond acceptors (Lipinski definition) is 5. The normalized spacial score (nSPS) is 12.4. The van der Waals surface area contributed by atoms with E-state index in [1.807, 2.05) is 6.92 Å². The molecule has 17 heavy (non-hydrogen) atoms. The number of ether oxygens (including phenoxy) is 1. The minimum atomic E-state index is -0.204. The maximum atomic E-state index is 11.6. The van der Waals surface area contributed by atoms with Crippen molar-refractivity contribution in [1.82, 2.24) is 9.78 Å². The van der Waals surface area contributed by atoms with Gasteiger partial charge in [-0.15, -0.1) is 0 Å². The molecule has 1 aromatic rings. The third-order valence-electron chi connectivity index (χ3n) is 2.14. The second-order valence-electron chi connectivity index (χ2n) is 3.97. The molecule has 6 nitrogen and oxygen atoms in total. The highest BCUT2D eigenvalue weighted by atomic mass is 16.5. The summed E-state index contributed by atoms with van der Waals surface area (Å²) in [6, 6.07) is 1.32. The third-order valence-corrected chi connectivity index (χ3v) is 2.14. The Kier molecular flexibility index (Phi) is 5.65. The first-order valence-electron chi connectivity index (χ1n) is 5.70. The van der Waals surface area contributed by atoms with E-state index in [0.29, 0.717) is 25.3 Å². The molecule has 1 atom stereocenters.